The minimum atomic E-state index is -1.82. The normalized spacial score (nSPS) is 44.5. The Morgan fingerprint density at radius 3 is 2.01 bits per heavy atom. The third-order valence-corrected chi connectivity index (χ3v) is 20.3. The molecule has 4 saturated heterocycles. The molecule has 4 aliphatic heterocycles. The van der Waals surface area contributed by atoms with E-state index < -0.39 is 178 Å². The largest absolute Gasteiger partial charge is 0.493 e. The molecule has 7 fully saturated rings. The summed E-state index contributed by atoms with van der Waals surface area (Å²) in [4.78, 5) is 41.2. The molecule has 8 aliphatic rings. The summed E-state index contributed by atoms with van der Waals surface area (Å²) in [5, 5.41) is 121. The van der Waals surface area contributed by atoms with Gasteiger partial charge in [-0.2, -0.15) is 0 Å². The summed E-state index contributed by atoms with van der Waals surface area (Å²) in [5.41, 5.74) is -2.00. The van der Waals surface area contributed by atoms with Crippen molar-refractivity contribution < 1.29 is 127 Å². The smallest absolute Gasteiger partial charge is 0.338 e. The molecule has 1 aromatic rings. The van der Waals surface area contributed by atoms with E-state index in [4.69, 9.17) is 56.8 Å². The fraction of sp³-hybridized carbons (Fsp3) is 0.817. The molecule has 3 saturated carbocycles. The van der Waals surface area contributed by atoms with Crippen molar-refractivity contribution in [1.29, 1.82) is 0 Å². The van der Waals surface area contributed by atoms with Gasteiger partial charge in [0, 0.05) is 24.7 Å². The molecule has 27 atom stereocenters. The van der Waals surface area contributed by atoms with Crippen LogP contribution in [0.15, 0.2) is 29.8 Å². The van der Waals surface area contributed by atoms with Crippen LogP contribution in [0.2, 0.25) is 0 Å². The molecule has 26 heteroatoms. The van der Waals surface area contributed by atoms with E-state index in [0.717, 1.165) is 12.5 Å². The van der Waals surface area contributed by atoms with Gasteiger partial charge in [0.15, 0.2) is 48.9 Å². The Balaban J connectivity index is 0.932. The van der Waals surface area contributed by atoms with Gasteiger partial charge in [-0.3, -0.25) is 9.59 Å². The molecule has 0 bridgehead atoms. The average molecular weight is 1230 g/mol. The van der Waals surface area contributed by atoms with Crippen LogP contribution >= 0.6 is 0 Å². The molecule has 0 radical (unpaired) electrons. The van der Waals surface area contributed by atoms with E-state index in [1.54, 1.807) is 6.92 Å². The molecule has 4 heterocycles. The van der Waals surface area contributed by atoms with Crippen LogP contribution in [0.1, 0.15) is 110 Å². The predicted molar refractivity (Wildman–Crippen MR) is 293 cm³/mol. The van der Waals surface area contributed by atoms with E-state index >= 15 is 0 Å². The number of carbonyl (C=O) groups is 3. The fourth-order valence-electron chi connectivity index (χ4n) is 15.2. The molecule has 2 unspecified atom stereocenters. The number of methoxy groups -OCH3 is 2. The first-order valence-electron chi connectivity index (χ1n) is 30.1. The van der Waals surface area contributed by atoms with Gasteiger partial charge in [-0.15, -0.1) is 0 Å². The summed E-state index contributed by atoms with van der Waals surface area (Å²) in [6.45, 7) is 9.00. The minimum Gasteiger partial charge on any atom is -0.493 e. The van der Waals surface area contributed by atoms with Gasteiger partial charge in [-0.1, -0.05) is 46.3 Å². The number of Topliss-reactive ketones (excluding diaryl/α,β-unsaturated/α-hetero) is 1. The zero-order valence-corrected chi connectivity index (χ0v) is 50.0. The third kappa shape index (κ3) is 12.8. The molecule has 26 nitrogen and oxygen atoms in total. The first kappa shape index (κ1) is 66.8. The van der Waals surface area contributed by atoms with Gasteiger partial charge in [0.1, 0.15) is 84.6 Å². The fourth-order valence-corrected chi connectivity index (χ4v) is 15.2. The summed E-state index contributed by atoms with van der Waals surface area (Å²) in [6, 6.07) is 4.23. The van der Waals surface area contributed by atoms with Crippen LogP contribution in [-0.4, -0.2) is 243 Å². The van der Waals surface area contributed by atoms with E-state index in [0.29, 0.717) is 50.7 Å². The molecular formula is C60H90O26. The Morgan fingerprint density at radius 1 is 0.698 bits per heavy atom. The molecule has 1 aromatic carbocycles. The summed E-state index contributed by atoms with van der Waals surface area (Å²) in [7, 11) is 2.80. The Labute approximate surface area is 499 Å². The number of aliphatic hydroxyl groups is 11. The molecule has 0 aromatic heterocycles. The maximum absolute atomic E-state index is 14.5. The second-order valence-electron chi connectivity index (χ2n) is 25.7. The van der Waals surface area contributed by atoms with Crippen molar-refractivity contribution >= 4 is 17.7 Å². The van der Waals surface area contributed by atoms with Crippen LogP contribution in [0, 0.1) is 40.4 Å². The van der Waals surface area contributed by atoms with Crippen LogP contribution in [-0.2, 0) is 57.0 Å². The molecule has 4 aliphatic carbocycles. The molecular weight excluding hydrogens is 1140 g/mol. The number of fused-ring (bicyclic) bond motifs is 5. The Morgan fingerprint density at radius 2 is 1.35 bits per heavy atom. The number of ketones is 1. The molecule has 486 valence electrons. The summed E-state index contributed by atoms with van der Waals surface area (Å²) < 4.78 is 71.0. The number of benzene rings is 1. The molecule has 86 heavy (non-hydrogen) atoms. The molecule has 0 spiro atoms. The predicted octanol–water partition coefficient (Wildman–Crippen LogP) is -0.319. The Kier molecular flexibility index (Phi) is 21.0. The second kappa shape index (κ2) is 27.1. The van der Waals surface area contributed by atoms with E-state index in [1.165, 1.54) is 32.4 Å². The quantitative estimate of drug-likeness (QED) is 0.0589. The van der Waals surface area contributed by atoms with Crippen LogP contribution in [0.3, 0.4) is 0 Å². The topological polar surface area (TPSA) is 385 Å². The lowest BCUT2D eigenvalue weighted by Gasteiger charge is -2.59. The number of allylic oxidation sites excluding steroid dienone is 1. The number of hydrogen-bond acceptors (Lipinski definition) is 26. The van der Waals surface area contributed by atoms with Gasteiger partial charge in [-0.25, -0.2) is 4.79 Å². The van der Waals surface area contributed by atoms with Gasteiger partial charge in [-0.05, 0) is 98.7 Å². The van der Waals surface area contributed by atoms with Crippen molar-refractivity contribution in [3.05, 3.63) is 35.4 Å². The standard InChI is InChI=1S/C60H90O26/c1-26(2)9-13-35(63)27(3)60(74)42(84-57-52(80-28(4)62)50(37(65)24-78-57)86-56-51(43(66)36(64)23-77-56)85-53(73)29-10-14-38(75-7)39(19-29)76-8)21-34-32-12-11-30-20-31(15-17-58(30,5)33(32)16-18-59(34,60)6)81-55-49(72)47(70)45(68)41(83-55)25-79-54-48(71)46(69)44(67)40(22-61)82-54/h10-11,14,19,26-27,31-34,36-37,40-52,54-57,61,64-72,74H,9,12-13,15-18,20-25H2,1-8H3/t27-,31-,32+,33-,34-,36+,37-,40+,41+,42-,43-,44+,45+,46-,47?,48+,49?,50-,51+,52+,54+,55+,56-,57-,58-,59-,60+/m0/s1. The number of ether oxygens (including phenoxy) is 12. The van der Waals surface area contributed by atoms with Gasteiger partial charge >= 0.3 is 11.9 Å². The van der Waals surface area contributed by atoms with Crippen LogP contribution < -0.4 is 9.47 Å². The van der Waals surface area contributed by atoms with Crippen molar-refractivity contribution in [2.75, 3.05) is 40.6 Å². The Bertz CT molecular complexity index is 2530. The number of rotatable bonds is 20. The SMILES string of the molecule is COc1ccc(C(=O)O[C@H]2[C@H](O[C@@H]3[C@@H](OC(C)=O)[C@H](O[C@H]4C[C@H]5[C@@H]6CC=C7C[C@@H](O[C@@H]8O[C@H](CO[C@@H]9O[C@H](CO)[C@@H](O)[C@H](O)[C@H]9O)[C@@H](O)C(O)C8O)CC[C@]7(C)[C@H]6CC[C@]5(C)[C@@]4(O)[C@@H](C)C(=O)CCC(C)C)OC[C@@H]3O)OC[C@@H](O)[C@@H]2O)cc1OC. The van der Waals surface area contributed by atoms with Crippen molar-refractivity contribution in [2.45, 2.75) is 228 Å². The van der Waals surface area contributed by atoms with Crippen molar-refractivity contribution in [2.24, 2.45) is 40.4 Å². The first-order valence-corrected chi connectivity index (χ1v) is 30.1. The molecule has 9 rings (SSSR count). The molecule has 11 N–H and O–H groups in total. The van der Waals surface area contributed by atoms with Crippen LogP contribution in [0.5, 0.6) is 11.5 Å². The van der Waals surface area contributed by atoms with Gasteiger partial charge in [0.2, 0.25) is 0 Å². The van der Waals surface area contributed by atoms with E-state index in [2.05, 4.69) is 13.0 Å². The number of carbonyl (C=O) groups excluding carboxylic acids is 3. The zero-order chi connectivity index (χ0) is 62.5. The maximum Gasteiger partial charge on any atom is 0.338 e. The van der Waals surface area contributed by atoms with Crippen molar-refractivity contribution in [3.8, 4) is 11.5 Å². The second-order valence-corrected chi connectivity index (χ2v) is 25.7. The minimum absolute atomic E-state index is 0.0132. The average Bonchev–Trinajstić information content (AvgIpc) is 1.48. The highest BCUT2D eigenvalue weighted by Crippen LogP contribution is 2.69. The van der Waals surface area contributed by atoms with Crippen LogP contribution in [0.4, 0.5) is 0 Å². The first-order chi connectivity index (χ1) is 40.7. The van der Waals surface area contributed by atoms with Gasteiger partial charge in [0.05, 0.1) is 58.4 Å². The number of esters is 2. The lowest BCUT2D eigenvalue weighted by Crippen LogP contribution is -2.64. The van der Waals surface area contributed by atoms with Crippen molar-refractivity contribution in [3.63, 3.8) is 0 Å². The monoisotopic (exact) mass is 1230 g/mol. The van der Waals surface area contributed by atoms with E-state index in [9.17, 15) is 70.6 Å². The summed E-state index contributed by atoms with van der Waals surface area (Å²) in [6.07, 6.45) is -23.5. The van der Waals surface area contributed by atoms with E-state index in [-0.39, 0.29) is 59.0 Å². The highest BCUT2D eigenvalue weighted by Gasteiger charge is 2.71. The lowest BCUT2D eigenvalue weighted by molar-refractivity contribution is -0.345. The highest BCUT2D eigenvalue weighted by molar-refractivity contribution is 5.90. The Hall–Kier alpha value is -3.59. The maximum atomic E-state index is 14.5. The van der Waals surface area contributed by atoms with E-state index in [1.807, 2.05) is 20.8 Å². The number of aliphatic hydroxyl groups excluding tert-OH is 10. The van der Waals surface area contributed by atoms with Gasteiger partial charge < -0.3 is 113 Å². The van der Waals surface area contributed by atoms with Crippen LogP contribution in [0.25, 0.3) is 0 Å². The third-order valence-electron chi connectivity index (χ3n) is 20.3. The number of hydrogen-bond donors (Lipinski definition) is 11. The lowest BCUT2D eigenvalue weighted by atomic mass is 9.46. The van der Waals surface area contributed by atoms with Crippen molar-refractivity contribution in [1.82, 2.24) is 0 Å². The highest BCUT2D eigenvalue weighted by atomic mass is 16.8. The molecule has 0 amide bonds. The zero-order valence-electron chi connectivity index (χ0n) is 50.0. The summed E-state index contributed by atoms with van der Waals surface area (Å²) in [5.74, 6) is -2.35. The summed E-state index contributed by atoms with van der Waals surface area (Å²) >= 11 is 0. The van der Waals surface area contributed by atoms with Gasteiger partial charge in [0.25, 0.3) is 0 Å².